The third-order valence-electron chi connectivity index (χ3n) is 3.38. The molecule has 1 aromatic carbocycles. The summed E-state index contributed by atoms with van der Waals surface area (Å²) in [6, 6.07) is 8.42. The molecule has 3 rings (SSSR count). The lowest BCUT2D eigenvalue weighted by atomic mass is 10.2. The quantitative estimate of drug-likeness (QED) is 0.722. The van der Waals surface area contributed by atoms with Gasteiger partial charge < -0.3 is 9.55 Å². The molecule has 0 atom stereocenters. The standard InChI is InChI=1S/C15H18N4S2/c1-4-20-15-18-17-13(19(15)3)9-21-14-10(2)16-12-8-6-5-7-11(12)14/h5-8,16H,4,9H2,1-3H3. The van der Waals surface area contributed by atoms with Crippen LogP contribution in [0.4, 0.5) is 0 Å². The number of hydrogen-bond acceptors (Lipinski definition) is 4. The van der Waals surface area contributed by atoms with Gasteiger partial charge in [0.05, 0.1) is 5.75 Å². The van der Waals surface area contributed by atoms with E-state index in [1.807, 2.05) is 18.8 Å². The average Bonchev–Trinajstić information content (AvgIpc) is 2.98. The summed E-state index contributed by atoms with van der Waals surface area (Å²) in [4.78, 5) is 4.74. The van der Waals surface area contributed by atoms with Crippen LogP contribution in [0, 0.1) is 6.92 Å². The normalized spacial score (nSPS) is 11.4. The van der Waals surface area contributed by atoms with Gasteiger partial charge in [0.25, 0.3) is 0 Å². The Morgan fingerprint density at radius 2 is 2.00 bits per heavy atom. The van der Waals surface area contributed by atoms with Crippen LogP contribution < -0.4 is 0 Å². The molecule has 0 aliphatic rings. The van der Waals surface area contributed by atoms with E-state index in [2.05, 4.69) is 57.9 Å². The highest BCUT2D eigenvalue weighted by Crippen LogP contribution is 2.33. The Balaban J connectivity index is 1.82. The predicted octanol–water partition coefficient (Wildman–Crippen LogP) is 4.01. The lowest BCUT2D eigenvalue weighted by Gasteiger charge is -2.03. The molecule has 3 aromatic rings. The molecular weight excluding hydrogens is 300 g/mol. The zero-order chi connectivity index (χ0) is 14.8. The third kappa shape index (κ3) is 2.82. The number of aromatic amines is 1. The van der Waals surface area contributed by atoms with Crippen molar-refractivity contribution in [2.45, 2.75) is 29.7 Å². The van der Waals surface area contributed by atoms with E-state index in [9.17, 15) is 0 Å². The number of H-pyrrole nitrogens is 1. The van der Waals surface area contributed by atoms with Crippen molar-refractivity contribution in [3.63, 3.8) is 0 Å². The number of aryl methyl sites for hydroxylation is 1. The van der Waals surface area contributed by atoms with Crippen LogP contribution in [0.1, 0.15) is 18.4 Å². The summed E-state index contributed by atoms with van der Waals surface area (Å²) < 4.78 is 2.09. The number of aromatic nitrogens is 4. The lowest BCUT2D eigenvalue weighted by molar-refractivity contribution is 0.762. The monoisotopic (exact) mass is 318 g/mol. The second-order valence-corrected chi connectivity index (χ2v) is 7.02. The number of nitrogens with one attached hydrogen (secondary N) is 1. The largest absolute Gasteiger partial charge is 0.358 e. The Hall–Kier alpha value is -1.40. The molecule has 0 saturated carbocycles. The zero-order valence-corrected chi connectivity index (χ0v) is 14.0. The van der Waals surface area contributed by atoms with E-state index in [-0.39, 0.29) is 0 Å². The molecular formula is C15H18N4S2. The second-order valence-electron chi connectivity index (χ2n) is 4.80. The fraction of sp³-hybridized carbons (Fsp3) is 0.333. The predicted molar refractivity (Wildman–Crippen MR) is 90.0 cm³/mol. The van der Waals surface area contributed by atoms with Gasteiger partial charge in [0, 0.05) is 28.5 Å². The van der Waals surface area contributed by atoms with Crippen LogP contribution in [0.5, 0.6) is 0 Å². The molecule has 0 aliphatic carbocycles. The number of hydrogen-bond donors (Lipinski definition) is 1. The highest BCUT2D eigenvalue weighted by Gasteiger charge is 2.12. The first kappa shape index (κ1) is 14.5. The Labute approximate surface area is 132 Å². The molecule has 110 valence electrons. The molecule has 0 fully saturated rings. The molecule has 21 heavy (non-hydrogen) atoms. The van der Waals surface area contributed by atoms with Crippen molar-refractivity contribution >= 4 is 34.4 Å². The smallest absolute Gasteiger partial charge is 0.190 e. The molecule has 0 saturated heterocycles. The van der Waals surface area contributed by atoms with Gasteiger partial charge in [-0.05, 0) is 18.7 Å². The molecule has 2 heterocycles. The SMILES string of the molecule is CCSc1nnc(CSc2c(C)[nH]c3ccccc23)n1C. The number of benzene rings is 1. The summed E-state index contributed by atoms with van der Waals surface area (Å²) in [5, 5.41) is 10.8. The van der Waals surface area contributed by atoms with Gasteiger partial charge in [-0.1, -0.05) is 36.9 Å². The van der Waals surface area contributed by atoms with Gasteiger partial charge in [0.15, 0.2) is 5.16 Å². The molecule has 1 N–H and O–H groups in total. The van der Waals surface area contributed by atoms with Crippen molar-refractivity contribution < 1.29 is 0 Å². The summed E-state index contributed by atoms with van der Waals surface area (Å²) in [5.41, 5.74) is 2.41. The molecule has 0 unspecified atom stereocenters. The summed E-state index contributed by atoms with van der Waals surface area (Å²) in [6.45, 7) is 4.25. The molecule has 0 radical (unpaired) electrons. The van der Waals surface area contributed by atoms with E-state index >= 15 is 0 Å². The number of rotatable bonds is 5. The highest BCUT2D eigenvalue weighted by atomic mass is 32.2. The number of nitrogens with zero attached hydrogens (tertiary/aromatic N) is 3. The van der Waals surface area contributed by atoms with E-state index in [1.165, 1.54) is 21.5 Å². The van der Waals surface area contributed by atoms with Crippen LogP contribution in [0.25, 0.3) is 10.9 Å². The van der Waals surface area contributed by atoms with Crippen molar-refractivity contribution in [1.29, 1.82) is 0 Å². The molecule has 6 heteroatoms. The summed E-state index contributed by atoms with van der Waals surface area (Å²) in [6.07, 6.45) is 0. The van der Waals surface area contributed by atoms with Crippen LogP contribution in [0.2, 0.25) is 0 Å². The Kier molecular flexibility index (Phi) is 4.26. The molecule has 2 aromatic heterocycles. The highest BCUT2D eigenvalue weighted by molar-refractivity contribution is 7.99. The summed E-state index contributed by atoms with van der Waals surface area (Å²) in [5.74, 6) is 2.86. The van der Waals surface area contributed by atoms with Gasteiger partial charge in [0.2, 0.25) is 0 Å². The van der Waals surface area contributed by atoms with Crippen LogP contribution >= 0.6 is 23.5 Å². The average molecular weight is 318 g/mol. The van der Waals surface area contributed by atoms with Crippen LogP contribution in [0.15, 0.2) is 34.3 Å². The molecule has 0 bridgehead atoms. The van der Waals surface area contributed by atoms with Gasteiger partial charge in [-0.3, -0.25) is 0 Å². The molecule has 4 nitrogen and oxygen atoms in total. The second kappa shape index (κ2) is 6.15. The van der Waals surface area contributed by atoms with Crippen LogP contribution in [-0.4, -0.2) is 25.5 Å². The van der Waals surface area contributed by atoms with E-state index in [1.54, 1.807) is 11.8 Å². The fourth-order valence-corrected chi connectivity index (χ4v) is 4.08. The third-order valence-corrected chi connectivity index (χ3v) is 5.50. The first-order valence-electron chi connectivity index (χ1n) is 6.92. The Bertz CT molecular complexity index is 760. The van der Waals surface area contributed by atoms with Crippen molar-refractivity contribution in [1.82, 2.24) is 19.7 Å². The number of thioether (sulfide) groups is 2. The van der Waals surface area contributed by atoms with Crippen molar-refractivity contribution in [2.24, 2.45) is 7.05 Å². The maximum Gasteiger partial charge on any atom is 0.190 e. The van der Waals surface area contributed by atoms with Gasteiger partial charge >= 0.3 is 0 Å². The zero-order valence-electron chi connectivity index (χ0n) is 12.4. The van der Waals surface area contributed by atoms with Gasteiger partial charge in [-0.2, -0.15) is 0 Å². The minimum absolute atomic E-state index is 0.830. The van der Waals surface area contributed by atoms with Crippen molar-refractivity contribution in [3.8, 4) is 0 Å². The first-order valence-corrected chi connectivity index (χ1v) is 8.89. The Morgan fingerprint density at radius 3 is 2.81 bits per heavy atom. The molecule has 0 aliphatic heterocycles. The molecule has 0 amide bonds. The van der Waals surface area contributed by atoms with E-state index < -0.39 is 0 Å². The van der Waals surface area contributed by atoms with Crippen LogP contribution in [-0.2, 0) is 12.8 Å². The maximum atomic E-state index is 4.30. The lowest BCUT2D eigenvalue weighted by Crippen LogP contribution is -1.97. The summed E-state index contributed by atoms with van der Waals surface area (Å²) >= 11 is 3.54. The van der Waals surface area contributed by atoms with E-state index in [4.69, 9.17) is 0 Å². The van der Waals surface area contributed by atoms with Crippen molar-refractivity contribution in [2.75, 3.05) is 5.75 Å². The van der Waals surface area contributed by atoms with Gasteiger partial charge in [-0.25, -0.2) is 0 Å². The Morgan fingerprint density at radius 1 is 1.19 bits per heavy atom. The van der Waals surface area contributed by atoms with E-state index in [0.717, 1.165) is 22.5 Å². The maximum absolute atomic E-state index is 4.30. The van der Waals surface area contributed by atoms with Crippen LogP contribution in [0.3, 0.4) is 0 Å². The van der Waals surface area contributed by atoms with Gasteiger partial charge in [-0.15, -0.1) is 22.0 Å². The summed E-state index contributed by atoms with van der Waals surface area (Å²) in [7, 11) is 2.04. The van der Waals surface area contributed by atoms with E-state index in [0.29, 0.717) is 0 Å². The van der Waals surface area contributed by atoms with Crippen molar-refractivity contribution in [3.05, 3.63) is 35.8 Å². The first-order chi connectivity index (χ1) is 10.2. The number of para-hydroxylation sites is 1. The minimum Gasteiger partial charge on any atom is -0.358 e. The fourth-order valence-electron chi connectivity index (χ4n) is 2.30. The topological polar surface area (TPSA) is 46.5 Å². The van der Waals surface area contributed by atoms with Gasteiger partial charge in [0.1, 0.15) is 5.82 Å². The minimum atomic E-state index is 0.830. The molecule has 0 spiro atoms. The number of fused-ring (bicyclic) bond motifs is 1.